The van der Waals surface area contributed by atoms with Crippen LogP contribution in [0.4, 0.5) is 10.1 Å². The second-order valence-corrected chi connectivity index (χ2v) is 6.71. The molecule has 140 valence electrons. The number of pyridine rings is 1. The van der Waals surface area contributed by atoms with Crippen LogP contribution in [0.5, 0.6) is 0 Å². The van der Waals surface area contributed by atoms with Crippen LogP contribution in [0.1, 0.15) is 21.6 Å². The third-order valence-corrected chi connectivity index (χ3v) is 4.71. The number of fused-ring (bicyclic) bond motifs is 1. The predicted octanol–water partition coefficient (Wildman–Crippen LogP) is 4.92. The van der Waals surface area contributed by atoms with Crippen molar-refractivity contribution < 1.29 is 13.7 Å². The average molecular weight is 375 g/mol. The van der Waals surface area contributed by atoms with Gasteiger partial charge in [0.25, 0.3) is 11.6 Å². The molecule has 5 nitrogen and oxygen atoms in total. The highest BCUT2D eigenvalue weighted by Crippen LogP contribution is 2.29. The summed E-state index contributed by atoms with van der Waals surface area (Å²) in [6.07, 6.45) is 0. The quantitative estimate of drug-likeness (QED) is 0.510. The van der Waals surface area contributed by atoms with E-state index in [0.29, 0.717) is 27.9 Å². The first-order valence-corrected chi connectivity index (χ1v) is 8.82. The van der Waals surface area contributed by atoms with Gasteiger partial charge in [0.1, 0.15) is 5.82 Å². The van der Waals surface area contributed by atoms with Crippen molar-refractivity contribution in [2.45, 2.75) is 13.8 Å². The number of aromatic nitrogens is 2. The van der Waals surface area contributed by atoms with Crippen LogP contribution in [0.15, 0.2) is 59.1 Å². The number of amides is 1. The molecule has 4 rings (SSSR count). The zero-order chi connectivity index (χ0) is 19.8. The number of halogens is 1. The molecule has 0 saturated heterocycles. The Morgan fingerprint density at radius 3 is 2.39 bits per heavy atom. The third kappa shape index (κ3) is 3.13. The zero-order valence-electron chi connectivity index (χ0n) is 15.7. The molecule has 28 heavy (non-hydrogen) atoms. The van der Waals surface area contributed by atoms with E-state index in [1.807, 2.05) is 31.2 Å². The molecule has 0 spiro atoms. The van der Waals surface area contributed by atoms with Gasteiger partial charge in [0.2, 0.25) is 0 Å². The molecule has 2 heterocycles. The lowest BCUT2D eigenvalue weighted by atomic mass is 10.0. The van der Waals surface area contributed by atoms with Crippen LogP contribution in [-0.2, 0) is 0 Å². The third-order valence-electron chi connectivity index (χ3n) is 4.71. The summed E-state index contributed by atoms with van der Waals surface area (Å²) >= 11 is 0. The van der Waals surface area contributed by atoms with E-state index in [1.54, 1.807) is 37.1 Å². The topological polar surface area (TPSA) is 59.2 Å². The van der Waals surface area contributed by atoms with Crippen LogP contribution in [-0.4, -0.2) is 23.1 Å². The van der Waals surface area contributed by atoms with Crippen molar-refractivity contribution in [1.29, 1.82) is 0 Å². The number of rotatable bonds is 3. The fourth-order valence-electron chi connectivity index (χ4n) is 3.10. The highest BCUT2D eigenvalue weighted by molar-refractivity contribution is 6.14. The molecule has 0 aliphatic rings. The number of nitrogens with zero attached hydrogens (tertiary/aromatic N) is 3. The molecule has 0 fully saturated rings. The number of hydrogen-bond donors (Lipinski definition) is 0. The highest BCUT2D eigenvalue weighted by Gasteiger charge is 2.22. The zero-order valence-corrected chi connectivity index (χ0v) is 15.7. The first-order chi connectivity index (χ1) is 13.4. The van der Waals surface area contributed by atoms with Crippen LogP contribution in [0.2, 0.25) is 0 Å². The maximum atomic E-state index is 13.3. The van der Waals surface area contributed by atoms with E-state index in [-0.39, 0.29) is 17.4 Å². The summed E-state index contributed by atoms with van der Waals surface area (Å²) < 4.78 is 18.6. The summed E-state index contributed by atoms with van der Waals surface area (Å²) in [6, 6.07) is 15.3. The molecule has 0 N–H and O–H groups in total. The molecule has 0 unspecified atom stereocenters. The lowest BCUT2D eigenvalue weighted by molar-refractivity contribution is 0.0994. The summed E-state index contributed by atoms with van der Waals surface area (Å²) in [5.41, 5.74) is 4.40. The maximum absolute atomic E-state index is 13.3. The van der Waals surface area contributed by atoms with Gasteiger partial charge in [-0.05, 0) is 56.3 Å². The van der Waals surface area contributed by atoms with Gasteiger partial charge in [0, 0.05) is 18.3 Å². The van der Waals surface area contributed by atoms with Crippen molar-refractivity contribution in [2.75, 3.05) is 11.9 Å². The van der Waals surface area contributed by atoms with Crippen molar-refractivity contribution in [3.63, 3.8) is 0 Å². The lowest BCUT2D eigenvalue weighted by Gasteiger charge is -2.18. The van der Waals surface area contributed by atoms with Crippen molar-refractivity contribution in [3.05, 3.63) is 77.2 Å². The summed E-state index contributed by atoms with van der Waals surface area (Å²) in [5, 5.41) is 4.54. The van der Waals surface area contributed by atoms with E-state index in [0.717, 1.165) is 11.3 Å². The largest absolute Gasteiger partial charge is 0.335 e. The van der Waals surface area contributed by atoms with E-state index < -0.39 is 0 Å². The van der Waals surface area contributed by atoms with Crippen LogP contribution in [0.3, 0.4) is 0 Å². The number of carbonyl (C=O) groups is 1. The van der Waals surface area contributed by atoms with Gasteiger partial charge in [-0.15, -0.1) is 0 Å². The van der Waals surface area contributed by atoms with Gasteiger partial charge in [0.15, 0.2) is 0 Å². The van der Waals surface area contributed by atoms with Gasteiger partial charge in [-0.2, -0.15) is 0 Å². The van der Waals surface area contributed by atoms with E-state index in [9.17, 15) is 9.18 Å². The minimum Gasteiger partial charge on any atom is -0.335 e. The summed E-state index contributed by atoms with van der Waals surface area (Å²) in [6.45, 7) is 3.77. The standard InChI is InChI=1S/C22H18FN3O2/c1-13-4-10-17(11-5-13)26(3)22(27)18-12-19(15-6-8-16(23)9-7-15)24-21-20(18)14(2)25-28-21/h4-12H,1-3H3. The Hall–Kier alpha value is -3.54. The molecule has 0 saturated carbocycles. The van der Waals surface area contributed by atoms with Gasteiger partial charge in [-0.1, -0.05) is 22.9 Å². The Morgan fingerprint density at radius 1 is 1.04 bits per heavy atom. The molecule has 0 atom stereocenters. The minimum absolute atomic E-state index is 0.203. The first kappa shape index (κ1) is 17.9. The van der Waals surface area contributed by atoms with Gasteiger partial charge >= 0.3 is 0 Å². The molecule has 2 aromatic heterocycles. The first-order valence-electron chi connectivity index (χ1n) is 8.82. The number of hydrogen-bond acceptors (Lipinski definition) is 4. The normalized spacial score (nSPS) is 11.0. The van der Waals surface area contributed by atoms with Gasteiger partial charge in [0.05, 0.1) is 22.3 Å². The van der Waals surface area contributed by atoms with E-state index in [2.05, 4.69) is 10.1 Å². The molecule has 0 aliphatic carbocycles. The monoisotopic (exact) mass is 375 g/mol. The van der Waals surface area contributed by atoms with Crippen LogP contribution in [0, 0.1) is 19.7 Å². The maximum Gasteiger partial charge on any atom is 0.259 e. The molecule has 0 radical (unpaired) electrons. The van der Waals surface area contributed by atoms with Crippen molar-refractivity contribution >= 4 is 22.7 Å². The highest BCUT2D eigenvalue weighted by atomic mass is 19.1. The number of anilines is 1. The number of carbonyl (C=O) groups excluding carboxylic acids is 1. The average Bonchev–Trinajstić information content (AvgIpc) is 3.08. The number of aryl methyl sites for hydroxylation is 2. The van der Waals surface area contributed by atoms with Crippen LogP contribution >= 0.6 is 0 Å². The molecule has 0 aliphatic heterocycles. The molecule has 0 bridgehead atoms. The Labute approximate surface area is 161 Å². The number of benzene rings is 2. The van der Waals surface area contributed by atoms with Crippen molar-refractivity contribution in [1.82, 2.24) is 10.1 Å². The minimum atomic E-state index is -0.337. The van der Waals surface area contributed by atoms with Crippen molar-refractivity contribution in [3.8, 4) is 11.3 Å². The Balaban J connectivity index is 1.84. The predicted molar refractivity (Wildman–Crippen MR) is 106 cm³/mol. The Morgan fingerprint density at radius 2 is 1.71 bits per heavy atom. The van der Waals surface area contributed by atoms with E-state index in [1.165, 1.54) is 12.1 Å². The Kier molecular flexibility index (Phi) is 4.39. The Bertz CT molecular complexity index is 1170. The fourth-order valence-corrected chi connectivity index (χ4v) is 3.10. The lowest BCUT2D eigenvalue weighted by Crippen LogP contribution is -2.26. The van der Waals surface area contributed by atoms with Gasteiger partial charge < -0.3 is 9.42 Å². The summed E-state index contributed by atoms with van der Waals surface area (Å²) in [4.78, 5) is 19.3. The SMILES string of the molecule is Cc1ccc(N(C)C(=O)c2cc(-c3ccc(F)cc3)nc3onc(C)c23)cc1. The summed E-state index contributed by atoms with van der Waals surface area (Å²) in [7, 11) is 1.72. The molecular formula is C22H18FN3O2. The van der Waals surface area contributed by atoms with E-state index in [4.69, 9.17) is 4.52 Å². The second-order valence-electron chi connectivity index (χ2n) is 6.71. The fraction of sp³-hybridized carbons (Fsp3) is 0.136. The van der Waals surface area contributed by atoms with E-state index >= 15 is 0 Å². The molecule has 2 aromatic carbocycles. The molecule has 6 heteroatoms. The van der Waals surface area contributed by atoms with Gasteiger partial charge in [-0.3, -0.25) is 4.79 Å². The molecule has 4 aromatic rings. The second kappa shape index (κ2) is 6.88. The summed E-state index contributed by atoms with van der Waals surface area (Å²) in [5.74, 6) is -0.540. The van der Waals surface area contributed by atoms with Crippen molar-refractivity contribution in [2.24, 2.45) is 0 Å². The van der Waals surface area contributed by atoms with Crippen LogP contribution in [0.25, 0.3) is 22.4 Å². The van der Waals surface area contributed by atoms with Crippen LogP contribution < -0.4 is 4.90 Å². The van der Waals surface area contributed by atoms with Gasteiger partial charge in [-0.25, -0.2) is 9.37 Å². The molecule has 1 amide bonds. The molecular weight excluding hydrogens is 357 g/mol. The smallest absolute Gasteiger partial charge is 0.259 e.